The summed E-state index contributed by atoms with van der Waals surface area (Å²) in [6.07, 6.45) is 0.511. The summed E-state index contributed by atoms with van der Waals surface area (Å²) in [4.78, 5) is 0. The zero-order valence-electron chi connectivity index (χ0n) is 12.3. The Hall–Kier alpha value is -0.850. The van der Waals surface area contributed by atoms with E-state index in [9.17, 15) is 9.67 Å². The third-order valence-electron chi connectivity index (χ3n) is 2.88. The lowest BCUT2D eigenvalue weighted by Crippen LogP contribution is -2.16. The summed E-state index contributed by atoms with van der Waals surface area (Å²) in [7, 11) is -3.72. The second kappa shape index (κ2) is 7.62. The van der Waals surface area contributed by atoms with Gasteiger partial charge in [0.1, 0.15) is 6.26 Å². The average Bonchev–Trinajstić information content (AvgIpc) is 2.97. The van der Waals surface area contributed by atoms with Crippen molar-refractivity contribution >= 4 is 23.5 Å². The van der Waals surface area contributed by atoms with Crippen LogP contribution in [0.2, 0.25) is 0 Å². The van der Waals surface area contributed by atoms with Gasteiger partial charge in [-0.3, -0.25) is 4.57 Å². The van der Waals surface area contributed by atoms with Crippen LogP contribution in [-0.2, 0) is 23.1 Å². The molecule has 122 valence electrons. The molecule has 0 amide bonds. The Morgan fingerprint density at radius 2 is 1.95 bits per heavy atom. The first-order valence-electron chi connectivity index (χ1n) is 6.85. The minimum Gasteiger partial charge on any atom is -0.455 e. The molecule has 6 nitrogen and oxygen atoms in total. The first-order valence-corrected chi connectivity index (χ1v) is 9.25. The molecule has 0 aliphatic carbocycles. The maximum atomic E-state index is 12.5. The van der Waals surface area contributed by atoms with Crippen molar-refractivity contribution in [3.63, 3.8) is 0 Å². The van der Waals surface area contributed by atoms with Crippen LogP contribution in [0.3, 0.4) is 0 Å². The third-order valence-corrected chi connectivity index (χ3v) is 5.69. The molecule has 2 atom stereocenters. The summed E-state index contributed by atoms with van der Waals surface area (Å²) in [5.74, 6) is -1.51. The maximum absolute atomic E-state index is 12.5. The molecule has 0 bridgehead atoms. The van der Waals surface area contributed by atoms with Crippen molar-refractivity contribution in [2.75, 3.05) is 13.2 Å². The van der Waals surface area contributed by atoms with Gasteiger partial charge >= 0.3 is 7.60 Å². The molecule has 0 saturated heterocycles. The van der Waals surface area contributed by atoms with E-state index in [-0.39, 0.29) is 19.0 Å². The van der Waals surface area contributed by atoms with Crippen molar-refractivity contribution in [1.82, 2.24) is 0 Å². The van der Waals surface area contributed by atoms with Gasteiger partial charge in [-0.1, -0.05) is 34.1 Å². The van der Waals surface area contributed by atoms with Gasteiger partial charge < -0.3 is 23.6 Å². The Labute approximate surface area is 137 Å². The molecule has 0 radical (unpaired) electrons. The van der Waals surface area contributed by atoms with Crippen molar-refractivity contribution in [1.29, 1.82) is 0 Å². The second-order valence-electron chi connectivity index (χ2n) is 4.38. The standard InChI is InChI=1S/C14H18BrO6P/c1-3-19-22(17,20-4-2)13(16)12-9-18-14(21-12)10-7-5-6-8-11(10)15/h5-9,13-14,16H,3-4H2,1-2H3. The molecule has 8 heteroatoms. The van der Waals surface area contributed by atoms with Crippen LogP contribution in [0.25, 0.3) is 0 Å². The fourth-order valence-electron chi connectivity index (χ4n) is 1.93. The van der Waals surface area contributed by atoms with Gasteiger partial charge in [0.15, 0.2) is 5.76 Å². The number of halogens is 1. The minimum atomic E-state index is -3.72. The lowest BCUT2D eigenvalue weighted by molar-refractivity contribution is -0.0442. The molecule has 2 unspecified atom stereocenters. The Kier molecular flexibility index (Phi) is 6.06. The summed E-state index contributed by atoms with van der Waals surface area (Å²) in [5, 5.41) is 10.3. The van der Waals surface area contributed by atoms with E-state index in [4.69, 9.17) is 18.5 Å². The number of rotatable bonds is 7. The highest BCUT2D eigenvalue weighted by atomic mass is 79.9. The van der Waals surface area contributed by atoms with E-state index >= 15 is 0 Å². The van der Waals surface area contributed by atoms with E-state index in [2.05, 4.69) is 15.9 Å². The third kappa shape index (κ3) is 3.73. The Balaban J connectivity index is 2.11. The lowest BCUT2D eigenvalue weighted by atomic mass is 10.2. The van der Waals surface area contributed by atoms with Gasteiger partial charge in [-0.05, 0) is 19.9 Å². The molecular weight excluding hydrogens is 375 g/mol. The number of aliphatic hydroxyl groups is 1. The molecular formula is C14H18BrO6P. The van der Waals surface area contributed by atoms with Crippen LogP contribution >= 0.6 is 23.5 Å². The largest absolute Gasteiger partial charge is 0.455 e. The number of benzene rings is 1. The molecule has 1 aliphatic heterocycles. The van der Waals surface area contributed by atoms with Gasteiger partial charge in [0.2, 0.25) is 5.85 Å². The van der Waals surface area contributed by atoms with Crippen LogP contribution in [0.15, 0.2) is 40.8 Å². The van der Waals surface area contributed by atoms with Gasteiger partial charge in [0.05, 0.1) is 13.2 Å². The molecule has 1 heterocycles. The number of hydrogen-bond acceptors (Lipinski definition) is 6. The molecule has 0 spiro atoms. The van der Waals surface area contributed by atoms with Crippen molar-refractivity contribution in [2.45, 2.75) is 26.0 Å². The second-order valence-corrected chi connectivity index (χ2v) is 7.32. The Bertz CT molecular complexity index is 580. The van der Waals surface area contributed by atoms with Crippen LogP contribution in [0.5, 0.6) is 0 Å². The number of ether oxygens (including phenoxy) is 2. The van der Waals surface area contributed by atoms with E-state index in [1.54, 1.807) is 13.8 Å². The summed E-state index contributed by atoms with van der Waals surface area (Å²) in [6, 6.07) is 7.38. The first kappa shape index (κ1) is 17.5. The summed E-state index contributed by atoms with van der Waals surface area (Å²) in [5.41, 5.74) is 0.753. The van der Waals surface area contributed by atoms with Crippen molar-refractivity contribution in [2.24, 2.45) is 0 Å². The van der Waals surface area contributed by atoms with Gasteiger partial charge in [0.25, 0.3) is 6.29 Å². The van der Waals surface area contributed by atoms with Crippen molar-refractivity contribution < 1.29 is 28.2 Å². The molecule has 1 N–H and O–H groups in total. The molecule has 1 aromatic carbocycles. The zero-order valence-corrected chi connectivity index (χ0v) is 14.7. The maximum Gasteiger partial charge on any atom is 0.366 e. The van der Waals surface area contributed by atoms with E-state index in [0.717, 1.165) is 10.0 Å². The van der Waals surface area contributed by atoms with E-state index in [1.165, 1.54) is 6.26 Å². The monoisotopic (exact) mass is 392 g/mol. The van der Waals surface area contributed by atoms with Gasteiger partial charge in [0, 0.05) is 10.0 Å². The minimum absolute atomic E-state index is 0.0194. The predicted molar refractivity (Wildman–Crippen MR) is 84.0 cm³/mol. The van der Waals surface area contributed by atoms with Crippen LogP contribution in [0, 0.1) is 0 Å². The summed E-state index contributed by atoms with van der Waals surface area (Å²) >= 11 is 3.40. The molecule has 0 saturated carbocycles. The van der Waals surface area contributed by atoms with Crippen molar-refractivity contribution in [3.8, 4) is 0 Å². The van der Waals surface area contributed by atoms with E-state index in [1.807, 2.05) is 24.3 Å². The van der Waals surface area contributed by atoms with E-state index < -0.39 is 19.7 Å². The summed E-state index contributed by atoms with van der Waals surface area (Å²) in [6.45, 7) is 3.64. The predicted octanol–water partition coefficient (Wildman–Crippen LogP) is 3.92. The molecule has 0 fully saturated rings. The van der Waals surface area contributed by atoms with Gasteiger partial charge in [-0.2, -0.15) is 0 Å². The highest BCUT2D eigenvalue weighted by Crippen LogP contribution is 2.55. The average molecular weight is 393 g/mol. The normalized spacial score (nSPS) is 19.3. The lowest BCUT2D eigenvalue weighted by Gasteiger charge is -2.22. The SMILES string of the molecule is CCOP(=O)(OCC)C(O)C1=COC(c2ccccc2Br)O1. The van der Waals surface area contributed by atoms with Gasteiger partial charge in [-0.25, -0.2) is 0 Å². The highest BCUT2D eigenvalue weighted by Gasteiger charge is 2.41. The number of hydrogen-bond donors (Lipinski definition) is 1. The quantitative estimate of drug-likeness (QED) is 0.708. The molecule has 22 heavy (non-hydrogen) atoms. The zero-order chi connectivity index (χ0) is 16.2. The topological polar surface area (TPSA) is 74.2 Å². The van der Waals surface area contributed by atoms with Crippen LogP contribution < -0.4 is 0 Å². The van der Waals surface area contributed by atoms with Crippen LogP contribution in [0.1, 0.15) is 25.7 Å². The molecule has 1 aromatic rings. The van der Waals surface area contributed by atoms with Crippen LogP contribution in [-0.4, -0.2) is 24.2 Å². The smallest absolute Gasteiger partial charge is 0.366 e. The van der Waals surface area contributed by atoms with Crippen molar-refractivity contribution in [3.05, 3.63) is 46.3 Å². The first-order chi connectivity index (χ1) is 10.5. The molecule has 1 aliphatic rings. The summed E-state index contributed by atoms with van der Waals surface area (Å²) < 4.78 is 34.5. The molecule has 0 aromatic heterocycles. The highest BCUT2D eigenvalue weighted by molar-refractivity contribution is 9.10. The van der Waals surface area contributed by atoms with E-state index in [0.29, 0.717) is 0 Å². The number of aliphatic hydroxyl groups excluding tert-OH is 1. The molecule has 2 rings (SSSR count). The fraction of sp³-hybridized carbons (Fsp3) is 0.429. The van der Waals surface area contributed by atoms with Gasteiger partial charge in [-0.15, -0.1) is 0 Å². The van der Waals surface area contributed by atoms with Crippen LogP contribution in [0.4, 0.5) is 0 Å². The Morgan fingerprint density at radius 1 is 1.32 bits per heavy atom. The Morgan fingerprint density at radius 3 is 2.55 bits per heavy atom. The fourth-order valence-corrected chi connectivity index (χ4v) is 3.91.